The SMILES string of the molecule is CN(C)CCCOc1ccc(NC(=O)CCCc2ccccc2)cc1. The molecule has 0 spiro atoms. The summed E-state index contributed by atoms with van der Waals surface area (Å²) in [6, 6.07) is 17.8. The van der Waals surface area contributed by atoms with Crippen molar-refractivity contribution in [2.45, 2.75) is 25.7 Å². The van der Waals surface area contributed by atoms with E-state index in [1.54, 1.807) is 0 Å². The normalized spacial score (nSPS) is 10.7. The largest absolute Gasteiger partial charge is 0.494 e. The quantitative estimate of drug-likeness (QED) is 0.665. The number of ether oxygens (including phenoxy) is 1. The molecule has 0 radical (unpaired) electrons. The highest BCUT2D eigenvalue weighted by molar-refractivity contribution is 5.90. The standard InChI is InChI=1S/C21H28N2O2/c1-23(2)16-7-17-25-20-14-12-19(13-15-20)22-21(24)11-6-10-18-8-4-3-5-9-18/h3-5,8-9,12-15H,6-7,10-11,16-17H2,1-2H3,(H,22,24). The highest BCUT2D eigenvalue weighted by atomic mass is 16.5. The van der Waals surface area contributed by atoms with E-state index in [1.807, 2.05) is 42.5 Å². The Kier molecular flexibility index (Phi) is 7.99. The lowest BCUT2D eigenvalue weighted by molar-refractivity contribution is -0.116. The van der Waals surface area contributed by atoms with Crippen LogP contribution in [0.5, 0.6) is 5.75 Å². The van der Waals surface area contributed by atoms with Gasteiger partial charge in [-0.05, 0) is 63.2 Å². The van der Waals surface area contributed by atoms with Gasteiger partial charge in [-0.3, -0.25) is 4.79 Å². The van der Waals surface area contributed by atoms with Gasteiger partial charge < -0.3 is 15.0 Å². The molecule has 0 aliphatic rings. The van der Waals surface area contributed by atoms with Crippen molar-refractivity contribution in [2.24, 2.45) is 0 Å². The maximum atomic E-state index is 12.0. The summed E-state index contributed by atoms with van der Waals surface area (Å²) in [6.45, 7) is 1.71. The maximum absolute atomic E-state index is 12.0. The van der Waals surface area contributed by atoms with Gasteiger partial charge in [0.2, 0.25) is 5.91 Å². The summed E-state index contributed by atoms with van der Waals surface area (Å²) in [5.74, 6) is 0.886. The lowest BCUT2D eigenvalue weighted by Crippen LogP contribution is -2.15. The van der Waals surface area contributed by atoms with Crippen molar-refractivity contribution in [1.82, 2.24) is 4.90 Å². The molecule has 0 saturated heterocycles. The molecule has 0 unspecified atom stereocenters. The minimum Gasteiger partial charge on any atom is -0.494 e. The summed E-state index contributed by atoms with van der Waals surface area (Å²) < 4.78 is 5.69. The third-order valence-corrected chi connectivity index (χ3v) is 3.87. The van der Waals surface area contributed by atoms with Crippen LogP contribution in [-0.4, -0.2) is 38.1 Å². The number of carbonyl (C=O) groups excluding carboxylic acids is 1. The van der Waals surface area contributed by atoms with Crippen LogP contribution in [0.1, 0.15) is 24.8 Å². The summed E-state index contributed by atoms with van der Waals surface area (Å²) in [5.41, 5.74) is 2.08. The molecule has 0 aromatic heterocycles. The summed E-state index contributed by atoms with van der Waals surface area (Å²) in [4.78, 5) is 14.2. The van der Waals surface area contributed by atoms with Crippen molar-refractivity contribution >= 4 is 11.6 Å². The number of benzene rings is 2. The van der Waals surface area contributed by atoms with E-state index in [1.165, 1.54) is 5.56 Å². The minimum atomic E-state index is 0.0515. The minimum absolute atomic E-state index is 0.0515. The van der Waals surface area contributed by atoms with Gasteiger partial charge in [0.25, 0.3) is 0 Å². The third-order valence-electron chi connectivity index (χ3n) is 3.87. The molecule has 2 rings (SSSR count). The van der Waals surface area contributed by atoms with Crippen LogP contribution in [0, 0.1) is 0 Å². The number of amides is 1. The monoisotopic (exact) mass is 340 g/mol. The summed E-state index contributed by atoms with van der Waals surface area (Å²) in [7, 11) is 4.11. The first-order valence-corrected chi connectivity index (χ1v) is 8.85. The molecule has 4 heteroatoms. The Hall–Kier alpha value is -2.33. The van der Waals surface area contributed by atoms with Crippen LogP contribution < -0.4 is 10.1 Å². The smallest absolute Gasteiger partial charge is 0.224 e. The molecule has 4 nitrogen and oxygen atoms in total. The van der Waals surface area contributed by atoms with Crippen LogP contribution in [0.15, 0.2) is 54.6 Å². The molecule has 0 heterocycles. The van der Waals surface area contributed by atoms with Crippen LogP contribution in [0.2, 0.25) is 0 Å². The molecule has 1 N–H and O–H groups in total. The molecule has 2 aromatic rings. The predicted molar refractivity (Wildman–Crippen MR) is 103 cm³/mol. The number of nitrogens with zero attached hydrogens (tertiary/aromatic N) is 1. The fourth-order valence-corrected chi connectivity index (χ4v) is 2.53. The van der Waals surface area contributed by atoms with Gasteiger partial charge in [-0.15, -0.1) is 0 Å². The Morgan fingerprint density at radius 1 is 1.00 bits per heavy atom. The van der Waals surface area contributed by atoms with E-state index in [-0.39, 0.29) is 5.91 Å². The van der Waals surface area contributed by atoms with Crippen LogP contribution in [0.4, 0.5) is 5.69 Å². The second kappa shape index (κ2) is 10.5. The molecule has 0 atom stereocenters. The predicted octanol–water partition coefficient (Wildman–Crippen LogP) is 3.98. The van der Waals surface area contributed by atoms with E-state index in [0.29, 0.717) is 13.0 Å². The average molecular weight is 340 g/mol. The van der Waals surface area contributed by atoms with Gasteiger partial charge in [0, 0.05) is 18.7 Å². The Morgan fingerprint density at radius 2 is 1.72 bits per heavy atom. The number of carbonyl (C=O) groups is 1. The Balaban J connectivity index is 1.66. The summed E-state index contributed by atoms with van der Waals surface area (Å²) in [6.07, 6.45) is 3.29. The van der Waals surface area contributed by atoms with Crippen LogP contribution in [-0.2, 0) is 11.2 Å². The van der Waals surface area contributed by atoms with Crippen molar-refractivity contribution in [3.8, 4) is 5.75 Å². The number of nitrogens with one attached hydrogen (secondary N) is 1. The van der Waals surface area contributed by atoms with Gasteiger partial charge in [0.15, 0.2) is 0 Å². The van der Waals surface area contributed by atoms with Gasteiger partial charge in [-0.2, -0.15) is 0 Å². The third kappa shape index (κ3) is 7.86. The molecule has 1 amide bonds. The van der Waals surface area contributed by atoms with E-state index in [9.17, 15) is 4.79 Å². The lowest BCUT2D eigenvalue weighted by atomic mass is 10.1. The Morgan fingerprint density at radius 3 is 2.40 bits per heavy atom. The van der Waals surface area contributed by atoms with Crippen molar-refractivity contribution in [2.75, 3.05) is 32.6 Å². The number of aryl methyl sites for hydroxylation is 1. The van der Waals surface area contributed by atoms with Crippen molar-refractivity contribution in [1.29, 1.82) is 0 Å². The van der Waals surface area contributed by atoms with Gasteiger partial charge in [0.1, 0.15) is 5.75 Å². The van der Waals surface area contributed by atoms with Crippen LogP contribution in [0.25, 0.3) is 0 Å². The zero-order chi connectivity index (χ0) is 17.9. The first-order valence-electron chi connectivity index (χ1n) is 8.85. The summed E-state index contributed by atoms with van der Waals surface area (Å²) in [5, 5.41) is 2.94. The first-order chi connectivity index (χ1) is 12.1. The number of hydrogen-bond donors (Lipinski definition) is 1. The Bertz CT molecular complexity index is 624. The second-order valence-corrected chi connectivity index (χ2v) is 6.42. The van der Waals surface area contributed by atoms with Crippen molar-refractivity contribution in [3.63, 3.8) is 0 Å². The van der Waals surface area contributed by atoms with Crippen molar-refractivity contribution < 1.29 is 9.53 Å². The molecule has 0 saturated carbocycles. The highest BCUT2D eigenvalue weighted by Gasteiger charge is 2.03. The zero-order valence-corrected chi connectivity index (χ0v) is 15.2. The van der Waals surface area contributed by atoms with Crippen LogP contribution in [0.3, 0.4) is 0 Å². The van der Waals surface area contributed by atoms with Gasteiger partial charge in [-0.1, -0.05) is 30.3 Å². The zero-order valence-electron chi connectivity index (χ0n) is 15.2. The first kappa shape index (κ1) is 19.0. The molecule has 0 aliphatic heterocycles. The Labute approximate surface area is 150 Å². The average Bonchev–Trinajstić information content (AvgIpc) is 2.61. The lowest BCUT2D eigenvalue weighted by Gasteiger charge is -2.11. The second-order valence-electron chi connectivity index (χ2n) is 6.42. The van der Waals surface area contributed by atoms with E-state index in [2.05, 4.69) is 36.4 Å². The molecule has 0 aliphatic carbocycles. The molecule has 134 valence electrons. The highest BCUT2D eigenvalue weighted by Crippen LogP contribution is 2.16. The number of anilines is 1. The maximum Gasteiger partial charge on any atom is 0.224 e. The molecular weight excluding hydrogens is 312 g/mol. The van der Waals surface area contributed by atoms with E-state index < -0.39 is 0 Å². The number of hydrogen-bond acceptors (Lipinski definition) is 3. The van der Waals surface area contributed by atoms with Crippen LogP contribution >= 0.6 is 0 Å². The molecular formula is C21H28N2O2. The topological polar surface area (TPSA) is 41.6 Å². The van der Waals surface area contributed by atoms with Crippen molar-refractivity contribution in [3.05, 3.63) is 60.2 Å². The van der Waals surface area contributed by atoms with E-state index in [0.717, 1.165) is 37.2 Å². The van der Waals surface area contributed by atoms with E-state index >= 15 is 0 Å². The van der Waals surface area contributed by atoms with Gasteiger partial charge >= 0.3 is 0 Å². The fraction of sp³-hybridized carbons (Fsp3) is 0.381. The molecule has 0 fully saturated rings. The number of rotatable bonds is 10. The fourth-order valence-electron chi connectivity index (χ4n) is 2.53. The molecule has 2 aromatic carbocycles. The van der Waals surface area contributed by atoms with E-state index in [4.69, 9.17) is 4.74 Å². The van der Waals surface area contributed by atoms with Gasteiger partial charge in [0.05, 0.1) is 6.61 Å². The van der Waals surface area contributed by atoms with Gasteiger partial charge in [-0.25, -0.2) is 0 Å². The molecule has 25 heavy (non-hydrogen) atoms. The molecule has 0 bridgehead atoms. The summed E-state index contributed by atoms with van der Waals surface area (Å²) >= 11 is 0.